The van der Waals surface area contributed by atoms with Crippen LogP contribution in [-0.4, -0.2) is 52.2 Å². The number of anilines is 1. The van der Waals surface area contributed by atoms with Crippen LogP contribution >= 0.6 is 0 Å². The van der Waals surface area contributed by atoms with Crippen LogP contribution in [0.1, 0.15) is 11.1 Å². The Bertz CT molecular complexity index is 1350. The number of hydrogen-bond acceptors (Lipinski definition) is 5. The van der Waals surface area contributed by atoms with E-state index in [0.717, 1.165) is 66.0 Å². The maximum absolute atomic E-state index is 13.4. The third-order valence-corrected chi connectivity index (χ3v) is 6.27. The fraction of sp³-hybridized carbons (Fsp3) is 0.292. The molecule has 0 saturated carbocycles. The van der Waals surface area contributed by atoms with Gasteiger partial charge in [0.1, 0.15) is 17.4 Å². The van der Waals surface area contributed by atoms with Crippen LogP contribution in [0, 0.1) is 23.0 Å². The highest BCUT2D eigenvalue weighted by Gasteiger charge is 2.23. The van der Waals surface area contributed by atoms with Crippen molar-refractivity contribution in [3.05, 3.63) is 65.5 Å². The van der Waals surface area contributed by atoms with Crippen LogP contribution in [0.2, 0.25) is 0 Å². The molecule has 0 aliphatic carbocycles. The average molecular weight is 432 g/mol. The van der Waals surface area contributed by atoms with Gasteiger partial charge in [0.2, 0.25) is 0 Å². The first-order valence-electron chi connectivity index (χ1n) is 10.6. The zero-order valence-electron chi connectivity index (χ0n) is 17.7. The molecule has 4 aromatic rings. The monoisotopic (exact) mass is 432 g/mol. The summed E-state index contributed by atoms with van der Waals surface area (Å²) < 4.78 is 28.6. The SMILES string of the molecule is Cn1c2cccc(C#N)c2c2ncnc(N3CCN(CCc4ccc(F)c(F)c4)CC3)c21. The van der Waals surface area contributed by atoms with Crippen molar-refractivity contribution in [1.82, 2.24) is 19.4 Å². The number of rotatable bonds is 4. The normalized spacial score (nSPS) is 14.9. The fourth-order valence-electron chi connectivity index (χ4n) is 4.54. The first kappa shape index (κ1) is 20.3. The maximum Gasteiger partial charge on any atom is 0.159 e. The Balaban J connectivity index is 1.35. The van der Waals surface area contributed by atoms with Crippen LogP contribution in [0.4, 0.5) is 14.6 Å². The predicted octanol–water partition coefficient (Wildman–Crippen LogP) is 3.64. The predicted molar refractivity (Wildman–Crippen MR) is 119 cm³/mol. The lowest BCUT2D eigenvalue weighted by Gasteiger charge is -2.35. The summed E-state index contributed by atoms with van der Waals surface area (Å²) in [5, 5.41) is 10.4. The Morgan fingerprint density at radius 1 is 1.03 bits per heavy atom. The third kappa shape index (κ3) is 3.45. The molecule has 2 aromatic heterocycles. The van der Waals surface area contributed by atoms with E-state index in [0.29, 0.717) is 12.0 Å². The Morgan fingerprint density at radius 2 is 1.84 bits per heavy atom. The van der Waals surface area contributed by atoms with Crippen LogP contribution in [0.5, 0.6) is 0 Å². The average Bonchev–Trinajstić information content (AvgIpc) is 3.13. The van der Waals surface area contributed by atoms with Crippen LogP contribution in [0.15, 0.2) is 42.7 Å². The van der Waals surface area contributed by atoms with Crippen molar-refractivity contribution in [2.75, 3.05) is 37.6 Å². The lowest BCUT2D eigenvalue weighted by Crippen LogP contribution is -2.47. The summed E-state index contributed by atoms with van der Waals surface area (Å²) >= 11 is 0. The summed E-state index contributed by atoms with van der Waals surface area (Å²) in [5.41, 5.74) is 4.10. The zero-order valence-corrected chi connectivity index (χ0v) is 17.7. The van der Waals surface area contributed by atoms with Gasteiger partial charge in [-0.15, -0.1) is 0 Å². The molecule has 0 unspecified atom stereocenters. The van der Waals surface area contributed by atoms with Gasteiger partial charge in [-0.1, -0.05) is 12.1 Å². The molecular weight excluding hydrogens is 410 g/mol. The Kier molecular flexibility index (Phi) is 5.19. The van der Waals surface area contributed by atoms with E-state index in [4.69, 9.17) is 0 Å². The third-order valence-electron chi connectivity index (χ3n) is 6.27. The van der Waals surface area contributed by atoms with Gasteiger partial charge in [0.15, 0.2) is 17.5 Å². The minimum Gasteiger partial charge on any atom is -0.352 e. The first-order valence-corrected chi connectivity index (χ1v) is 10.6. The van der Waals surface area contributed by atoms with Gasteiger partial charge < -0.3 is 9.47 Å². The maximum atomic E-state index is 13.4. The smallest absolute Gasteiger partial charge is 0.159 e. The van der Waals surface area contributed by atoms with Crippen molar-refractivity contribution in [1.29, 1.82) is 5.26 Å². The van der Waals surface area contributed by atoms with Gasteiger partial charge in [0, 0.05) is 45.2 Å². The Hall–Kier alpha value is -3.57. The molecule has 0 N–H and O–H groups in total. The molecule has 162 valence electrons. The second-order valence-electron chi connectivity index (χ2n) is 8.09. The van der Waals surface area contributed by atoms with Crippen LogP contribution < -0.4 is 4.90 Å². The molecule has 0 bridgehead atoms. The Labute approximate surface area is 184 Å². The van der Waals surface area contributed by atoms with Crippen LogP contribution in [0.3, 0.4) is 0 Å². The number of hydrogen-bond donors (Lipinski definition) is 0. The number of halogens is 2. The van der Waals surface area contributed by atoms with Gasteiger partial charge in [-0.3, -0.25) is 4.90 Å². The van der Waals surface area contributed by atoms with Gasteiger partial charge in [0.05, 0.1) is 17.1 Å². The van der Waals surface area contributed by atoms with Gasteiger partial charge in [-0.25, -0.2) is 18.7 Å². The van der Waals surface area contributed by atoms with E-state index in [1.165, 1.54) is 12.1 Å². The fourth-order valence-corrected chi connectivity index (χ4v) is 4.54. The molecule has 1 fully saturated rings. The molecule has 1 aliphatic heterocycles. The van der Waals surface area contributed by atoms with E-state index in [2.05, 4.69) is 30.4 Å². The van der Waals surface area contributed by atoms with Crippen LogP contribution in [-0.2, 0) is 13.5 Å². The molecule has 5 rings (SSSR count). The van der Waals surface area contributed by atoms with Crippen molar-refractivity contribution in [2.45, 2.75) is 6.42 Å². The van der Waals surface area contributed by atoms with E-state index in [-0.39, 0.29) is 0 Å². The Morgan fingerprint density at radius 3 is 2.59 bits per heavy atom. The highest BCUT2D eigenvalue weighted by Crippen LogP contribution is 2.33. The standard InChI is InChI=1S/C24H22F2N6/c1-30-20-4-2-3-17(14-27)21(20)22-23(30)24(29-15-28-22)32-11-9-31(10-12-32)8-7-16-5-6-18(25)19(26)13-16/h2-6,13,15H,7-12H2,1H3. The van der Waals surface area contributed by atoms with E-state index in [1.807, 2.05) is 25.2 Å². The van der Waals surface area contributed by atoms with Crippen molar-refractivity contribution in [3.8, 4) is 6.07 Å². The molecule has 1 saturated heterocycles. The highest BCUT2D eigenvalue weighted by molar-refractivity contribution is 6.11. The van der Waals surface area contributed by atoms with Crippen molar-refractivity contribution < 1.29 is 8.78 Å². The summed E-state index contributed by atoms with van der Waals surface area (Å²) in [7, 11) is 1.98. The van der Waals surface area contributed by atoms with Gasteiger partial charge in [-0.2, -0.15) is 5.26 Å². The number of piperazine rings is 1. The minimum atomic E-state index is -0.811. The number of nitriles is 1. The number of aryl methyl sites for hydroxylation is 1. The topological polar surface area (TPSA) is 61.0 Å². The molecule has 0 amide bonds. The van der Waals surface area contributed by atoms with Crippen LogP contribution in [0.25, 0.3) is 21.9 Å². The second kappa shape index (κ2) is 8.17. The summed E-state index contributed by atoms with van der Waals surface area (Å²) in [6.07, 6.45) is 2.25. The molecule has 2 aromatic carbocycles. The van der Waals surface area contributed by atoms with E-state index in [9.17, 15) is 14.0 Å². The molecule has 3 heterocycles. The molecular formula is C24H22F2N6. The lowest BCUT2D eigenvalue weighted by atomic mass is 10.1. The lowest BCUT2D eigenvalue weighted by molar-refractivity contribution is 0.260. The summed E-state index contributed by atoms with van der Waals surface area (Å²) in [6, 6.07) is 12.1. The molecule has 0 radical (unpaired) electrons. The minimum absolute atomic E-state index is 0.611. The van der Waals surface area contributed by atoms with Crippen molar-refractivity contribution >= 4 is 27.8 Å². The van der Waals surface area contributed by atoms with Crippen molar-refractivity contribution in [2.24, 2.45) is 7.05 Å². The van der Waals surface area contributed by atoms with E-state index < -0.39 is 11.6 Å². The largest absolute Gasteiger partial charge is 0.352 e. The highest BCUT2D eigenvalue weighted by atomic mass is 19.2. The molecule has 0 atom stereocenters. The number of nitrogens with zero attached hydrogens (tertiary/aromatic N) is 6. The summed E-state index contributed by atoms with van der Waals surface area (Å²) in [6.45, 7) is 4.09. The number of aromatic nitrogens is 3. The van der Waals surface area contributed by atoms with E-state index in [1.54, 1.807) is 12.4 Å². The summed E-state index contributed by atoms with van der Waals surface area (Å²) in [5.74, 6) is -0.735. The molecule has 1 aliphatic rings. The first-order chi connectivity index (χ1) is 15.6. The zero-order chi connectivity index (χ0) is 22.2. The number of benzene rings is 2. The quantitative estimate of drug-likeness (QED) is 0.493. The molecule has 0 spiro atoms. The molecule has 8 heteroatoms. The second-order valence-corrected chi connectivity index (χ2v) is 8.09. The summed E-state index contributed by atoms with van der Waals surface area (Å²) in [4.78, 5) is 13.7. The molecule has 6 nitrogen and oxygen atoms in total. The number of fused-ring (bicyclic) bond motifs is 3. The molecule has 32 heavy (non-hydrogen) atoms. The van der Waals surface area contributed by atoms with Gasteiger partial charge in [0.25, 0.3) is 0 Å². The van der Waals surface area contributed by atoms with E-state index >= 15 is 0 Å². The van der Waals surface area contributed by atoms with Gasteiger partial charge >= 0.3 is 0 Å². The van der Waals surface area contributed by atoms with Gasteiger partial charge in [-0.05, 0) is 36.2 Å². The van der Waals surface area contributed by atoms with Crippen molar-refractivity contribution in [3.63, 3.8) is 0 Å².